The average molecular weight is 216 g/mol. The first-order chi connectivity index (χ1) is 7.77. The molecule has 0 atom stereocenters. The fourth-order valence-corrected chi connectivity index (χ4v) is 1.42. The monoisotopic (exact) mass is 216 g/mol. The predicted molar refractivity (Wildman–Crippen MR) is 58.2 cm³/mol. The molecule has 0 aliphatic carbocycles. The van der Waals surface area contributed by atoms with E-state index in [1.165, 1.54) is 0 Å². The Morgan fingerprint density at radius 3 is 2.75 bits per heavy atom. The van der Waals surface area contributed by atoms with Crippen molar-refractivity contribution in [1.82, 2.24) is 20.2 Å². The zero-order valence-corrected chi connectivity index (χ0v) is 9.00. The van der Waals surface area contributed by atoms with Crippen molar-refractivity contribution in [1.29, 1.82) is 0 Å². The third-order valence-electron chi connectivity index (χ3n) is 2.24. The minimum atomic E-state index is 0.141. The maximum absolute atomic E-state index is 10.9. The molecule has 2 rings (SSSR count). The number of benzene rings is 1. The van der Waals surface area contributed by atoms with Crippen molar-refractivity contribution in [2.45, 2.75) is 19.8 Å². The topological polar surface area (TPSA) is 60.7 Å². The third-order valence-corrected chi connectivity index (χ3v) is 2.24. The number of nitrogens with zero attached hydrogens (tertiary/aromatic N) is 4. The van der Waals surface area contributed by atoms with Gasteiger partial charge in [0.1, 0.15) is 5.78 Å². The first kappa shape index (κ1) is 10.5. The second-order valence-corrected chi connectivity index (χ2v) is 3.54. The van der Waals surface area contributed by atoms with Crippen molar-refractivity contribution in [2.75, 3.05) is 0 Å². The highest BCUT2D eigenvalue weighted by Gasteiger charge is 2.08. The summed E-state index contributed by atoms with van der Waals surface area (Å²) in [6.07, 6.45) is 1.03. The molecule has 0 saturated carbocycles. The van der Waals surface area contributed by atoms with Crippen LogP contribution < -0.4 is 0 Å². The molecule has 1 heterocycles. The van der Waals surface area contributed by atoms with Gasteiger partial charge in [0.25, 0.3) is 0 Å². The molecule has 0 radical (unpaired) electrons. The number of hydrogen-bond acceptors (Lipinski definition) is 4. The van der Waals surface area contributed by atoms with Gasteiger partial charge in [-0.2, -0.15) is 4.68 Å². The van der Waals surface area contributed by atoms with Gasteiger partial charge in [0.15, 0.2) is 5.82 Å². The molecular formula is C11H12N4O. The van der Waals surface area contributed by atoms with E-state index >= 15 is 0 Å². The summed E-state index contributed by atoms with van der Waals surface area (Å²) in [5.74, 6) is 0.851. The van der Waals surface area contributed by atoms with E-state index in [-0.39, 0.29) is 5.78 Å². The normalized spacial score (nSPS) is 10.3. The Bertz CT molecular complexity index is 478. The highest BCUT2D eigenvalue weighted by molar-refractivity contribution is 5.75. The molecule has 5 nitrogen and oxygen atoms in total. The summed E-state index contributed by atoms with van der Waals surface area (Å²) >= 11 is 0. The number of carbonyl (C=O) groups excluding carboxylic acids is 1. The lowest BCUT2D eigenvalue weighted by Gasteiger charge is -2.02. The summed E-state index contributed by atoms with van der Waals surface area (Å²) in [6, 6.07) is 9.63. The SMILES string of the molecule is CC(=O)CCc1nnnn1-c1ccccc1. The van der Waals surface area contributed by atoms with Crippen molar-refractivity contribution < 1.29 is 4.79 Å². The Hall–Kier alpha value is -2.04. The molecule has 0 bridgehead atoms. The number of ketones is 1. The molecule has 1 aromatic carbocycles. The number of aromatic nitrogens is 4. The minimum Gasteiger partial charge on any atom is -0.300 e. The molecule has 0 fully saturated rings. The lowest BCUT2D eigenvalue weighted by molar-refractivity contribution is -0.117. The Labute approximate surface area is 93.1 Å². The van der Waals surface area contributed by atoms with Gasteiger partial charge in [0.2, 0.25) is 0 Å². The van der Waals surface area contributed by atoms with Crippen LogP contribution in [-0.4, -0.2) is 26.0 Å². The zero-order valence-electron chi connectivity index (χ0n) is 9.00. The van der Waals surface area contributed by atoms with Crippen LogP contribution in [-0.2, 0) is 11.2 Å². The van der Waals surface area contributed by atoms with E-state index < -0.39 is 0 Å². The molecular weight excluding hydrogens is 204 g/mol. The molecule has 0 spiro atoms. The molecule has 5 heteroatoms. The first-order valence-electron chi connectivity index (χ1n) is 5.09. The largest absolute Gasteiger partial charge is 0.300 e. The summed E-state index contributed by atoms with van der Waals surface area (Å²) in [7, 11) is 0. The van der Waals surface area contributed by atoms with Crippen molar-refractivity contribution in [2.24, 2.45) is 0 Å². The number of carbonyl (C=O) groups is 1. The second kappa shape index (κ2) is 4.65. The maximum Gasteiger partial charge on any atom is 0.157 e. The lowest BCUT2D eigenvalue weighted by atomic mass is 10.2. The van der Waals surface area contributed by atoms with Gasteiger partial charge in [0, 0.05) is 12.8 Å². The van der Waals surface area contributed by atoms with E-state index in [1.807, 2.05) is 30.3 Å². The standard InChI is InChI=1S/C11H12N4O/c1-9(16)7-8-11-12-13-14-15(11)10-5-3-2-4-6-10/h2-6H,7-8H2,1H3. The van der Waals surface area contributed by atoms with E-state index in [1.54, 1.807) is 11.6 Å². The third kappa shape index (κ3) is 2.31. The highest BCUT2D eigenvalue weighted by Crippen LogP contribution is 2.08. The Balaban J connectivity index is 2.23. The van der Waals surface area contributed by atoms with Crippen molar-refractivity contribution in [3.63, 3.8) is 0 Å². The highest BCUT2D eigenvalue weighted by atomic mass is 16.1. The molecule has 0 amide bonds. The summed E-state index contributed by atoms with van der Waals surface area (Å²) in [5.41, 5.74) is 0.908. The van der Waals surface area contributed by atoms with Gasteiger partial charge in [-0.25, -0.2) is 0 Å². The van der Waals surface area contributed by atoms with Gasteiger partial charge < -0.3 is 4.79 Å². The van der Waals surface area contributed by atoms with Crippen molar-refractivity contribution >= 4 is 5.78 Å². The average Bonchev–Trinajstić information content (AvgIpc) is 2.75. The van der Waals surface area contributed by atoms with Gasteiger partial charge in [-0.05, 0) is 29.5 Å². The molecule has 16 heavy (non-hydrogen) atoms. The van der Waals surface area contributed by atoms with Crippen LogP contribution in [0.4, 0.5) is 0 Å². The number of tetrazole rings is 1. The van der Waals surface area contributed by atoms with Gasteiger partial charge in [-0.3, -0.25) is 0 Å². The quantitative estimate of drug-likeness (QED) is 0.770. The molecule has 0 aliphatic heterocycles. The fraction of sp³-hybridized carbons (Fsp3) is 0.273. The van der Waals surface area contributed by atoms with Crippen LogP contribution in [0, 0.1) is 0 Å². The van der Waals surface area contributed by atoms with Gasteiger partial charge in [-0.1, -0.05) is 18.2 Å². The Kier molecular flexibility index (Phi) is 3.05. The summed E-state index contributed by atoms with van der Waals surface area (Å²) in [5, 5.41) is 11.5. The number of Topliss-reactive ketones (excluding diaryl/α,β-unsaturated/α-hetero) is 1. The summed E-state index contributed by atoms with van der Waals surface area (Å²) < 4.78 is 1.66. The number of para-hydroxylation sites is 1. The molecule has 0 N–H and O–H groups in total. The van der Waals surface area contributed by atoms with E-state index in [0.717, 1.165) is 5.69 Å². The van der Waals surface area contributed by atoms with E-state index in [9.17, 15) is 4.79 Å². The smallest absolute Gasteiger partial charge is 0.157 e. The van der Waals surface area contributed by atoms with Gasteiger partial charge in [0.05, 0.1) is 5.69 Å². The zero-order chi connectivity index (χ0) is 11.4. The Morgan fingerprint density at radius 1 is 1.31 bits per heavy atom. The van der Waals surface area contributed by atoms with Crippen molar-refractivity contribution in [3.05, 3.63) is 36.2 Å². The van der Waals surface area contributed by atoms with Crippen LogP contribution in [0.3, 0.4) is 0 Å². The van der Waals surface area contributed by atoms with Crippen LogP contribution in [0.2, 0.25) is 0 Å². The Morgan fingerprint density at radius 2 is 2.06 bits per heavy atom. The lowest BCUT2D eigenvalue weighted by Crippen LogP contribution is -2.05. The van der Waals surface area contributed by atoms with Gasteiger partial charge >= 0.3 is 0 Å². The molecule has 82 valence electrons. The van der Waals surface area contributed by atoms with Crippen LogP contribution >= 0.6 is 0 Å². The number of aryl methyl sites for hydroxylation is 1. The van der Waals surface area contributed by atoms with Crippen LogP contribution in [0.1, 0.15) is 19.2 Å². The minimum absolute atomic E-state index is 0.141. The molecule has 0 saturated heterocycles. The van der Waals surface area contributed by atoms with E-state index in [4.69, 9.17) is 0 Å². The number of hydrogen-bond donors (Lipinski definition) is 0. The predicted octanol–water partition coefficient (Wildman–Crippen LogP) is 1.18. The van der Waals surface area contributed by atoms with E-state index in [2.05, 4.69) is 15.5 Å². The van der Waals surface area contributed by atoms with Crippen LogP contribution in [0.5, 0.6) is 0 Å². The molecule has 0 unspecified atom stereocenters. The van der Waals surface area contributed by atoms with Gasteiger partial charge in [-0.15, -0.1) is 5.10 Å². The molecule has 1 aromatic heterocycles. The molecule has 2 aromatic rings. The first-order valence-corrected chi connectivity index (χ1v) is 5.09. The summed E-state index contributed by atoms with van der Waals surface area (Å²) in [4.78, 5) is 10.9. The van der Waals surface area contributed by atoms with Crippen LogP contribution in [0.15, 0.2) is 30.3 Å². The summed E-state index contributed by atoms with van der Waals surface area (Å²) in [6.45, 7) is 1.57. The van der Waals surface area contributed by atoms with E-state index in [0.29, 0.717) is 18.7 Å². The van der Waals surface area contributed by atoms with Crippen LogP contribution in [0.25, 0.3) is 5.69 Å². The second-order valence-electron chi connectivity index (χ2n) is 3.54. The van der Waals surface area contributed by atoms with Crippen molar-refractivity contribution in [3.8, 4) is 5.69 Å². The fourth-order valence-electron chi connectivity index (χ4n) is 1.42. The molecule has 0 aliphatic rings. The maximum atomic E-state index is 10.9. The number of rotatable bonds is 4.